The molecule has 1 N–H and O–H groups in total. The number of rotatable bonds is 5. The Labute approximate surface area is 133 Å². The van der Waals surface area contributed by atoms with E-state index in [0.717, 1.165) is 36.2 Å². The number of fused-ring (bicyclic) bond motifs is 1. The Morgan fingerprint density at radius 3 is 2.64 bits per heavy atom. The summed E-state index contributed by atoms with van der Waals surface area (Å²) in [6.45, 7) is 11.6. The van der Waals surface area contributed by atoms with Gasteiger partial charge in [0.25, 0.3) is 0 Å². The van der Waals surface area contributed by atoms with Crippen LogP contribution in [0, 0.1) is 17.3 Å². The molecule has 1 aliphatic carbocycles. The van der Waals surface area contributed by atoms with Crippen LogP contribution >= 0.6 is 0 Å². The molecule has 0 fully saturated rings. The Balaban J connectivity index is 2.28. The van der Waals surface area contributed by atoms with E-state index in [2.05, 4.69) is 39.7 Å². The van der Waals surface area contributed by atoms with Crippen molar-refractivity contribution in [2.24, 2.45) is 17.3 Å². The first kappa shape index (κ1) is 17.2. The average Bonchev–Trinajstić information content (AvgIpc) is 2.65. The summed E-state index contributed by atoms with van der Waals surface area (Å²) in [5.74, 6) is 1.10. The predicted octanol–water partition coefficient (Wildman–Crippen LogP) is 3.26. The highest BCUT2D eigenvalue weighted by Crippen LogP contribution is 2.31. The highest BCUT2D eigenvalue weighted by atomic mass is 16.3. The second-order valence-corrected chi connectivity index (χ2v) is 8.23. The number of ketones is 1. The van der Waals surface area contributed by atoms with Crippen molar-refractivity contribution in [1.82, 2.24) is 9.78 Å². The first-order valence-electron chi connectivity index (χ1n) is 8.44. The number of aromatic nitrogens is 2. The second-order valence-electron chi connectivity index (χ2n) is 8.23. The molecule has 2 rings (SSSR count). The molecule has 0 radical (unpaired) electrons. The summed E-state index contributed by atoms with van der Waals surface area (Å²) in [4.78, 5) is 12.5. The van der Waals surface area contributed by atoms with Gasteiger partial charge in [-0.1, -0.05) is 34.6 Å². The first-order chi connectivity index (χ1) is 10.2. The van der Waals surface area contributed by atoms with Crippen LogP contribution in [0.5, 0.6) is 0 Å². The fraction of sp³-hybridized carbons (Fsp3) is 0.778. The van der Waals surface area contributed by atoms with E-state index >= 15 is 0 Å². The molecule has 4 nitrogen and oxygen atoms in total. The SMILES string of the molecule is CC1CC(=O)c2c(CC(C)CC(C)(C)C)nn(CCO)c2C1. The molecule has 0 saturated carbocycles. The van der Waals surface area contributed by atoms with E-state index in [1.165, 1.54) is 0 Å². The van der Waals surface area contributed by atoms with Gasteiger partial charge in [0.2, 0.25) is 0 Å². The zero-order valence-electron chi connectivity index (χ0n) is 14.6. The zero-order chi connectivity index (χ0) is 16.5. The molecular weight excluding hydrogens is 276 g/mol. The third-order valence-corrected chi connectivity index (χ3v) is 4.30. The summed E-state index contributed by atoms with van der Waals surface area (Å²) in [5, 5.41) is 13.9. The first-order valence-corrected chi connectivity index (χ1v) is 8.44. The van der Waals surface area contributed by atoms with Crippen molar-refractivity contribution in [3.05, 3.63) is 17.0 Å². The fourth-order valence-electron chi connectivity index (χ4n) is 3.77. The standard InChI is InChI=1S/C18H30N2O2/c1-12-9-15-17(16(22)10-12)14(19-20(15)6-7-21)8-13(2)11-18(3,4)5/h12-13,21H,6-11H2,1-5H3. The molecule has 0 saturated heterocycles. The van der Waals surface area contributed by atoms with Gasteiger partial charge in [-0.15, -0.1) is 0 Å². The molecule has 0 aliphatic heterocycles. The van der Waals surface area contributed by atoms with Crippen LogP contribution < -0.4 is 0 Å². The van der Waals surface area contributed by atoms with Crippen LogP contribution in [0.3, 0.4) is 0 Å². The Morgan fingerprint density at radius 1 is 1.36 bits per heavy atom. The third kappa shape index (κ3) is 3.97. The van der Waals surface area contributed by atoms with Crippen molar-refractivity contribution in [3.8, 4) is 0 Å². The van der Waals surface area contributed by atoms with Crippen molar-refractivity contribution in [1.29, 1.82) is 0 Å². The normalized spacial score (nSPS) is 20.1. The molecule has 0 spiro atoms. The summed E-state index contributed by atoms with van der Waals surface area (Å²) in [6.07, 6.45) is 3.47. The maximum atomic E-state index is 12.5. The lowest BCUT2D eigenvalue weighted by Crippen LogP contribution is -2.21. The summed E-state index contributed by atoms with van der Waals surface area (Å²) >= 11 is 0. The lowest BCUT2D eigenvalue weighted by molar-refractivity contribution is 0.0950. The van der Waals surface area contributed by atoms with Crippen molar-refractivity contribution in [3.63, 3.8) is 0 Å². The highest BCUT2D eigenvalue weighted by Gasteiger charge is 2.31. The number of aliphatic hydroxyl groups excluding tert-OH is 1. The maximum Gasteiger partial charge on any atom is 0.166 e. The van der Waals surface area contributed by atoms with E-state index in [1.54, 1.807) is 0 Å². The summed E-state index contributed by atoms with van der Waals surface area (Å²) in [5.41, 5.74) is 3.12. The van der Waals surface area contributed by atoms with Crippen LogP contribution in [0.4, 0.5) is 0 Å². The lowest BCUT2D eigenvalue weighted by Gasteiger charge is -2.23. The van der Waals surface area contributed by atoms with Crippen molar-refractivity contribution in [2.45, 2.75) is 66.8 Å². The van der Waals surface area contributed by atoms with Crippen LogP contribution in [0.1, 0.15) is 69.2 Å². The fourth-order valence-corrected chi connectivity index (χ4v) is 3.77. The number of carbonyl (C=O) groups is 1. The minimum atomic E-state index is 0.0632. The van der Waals surface area contributed by atoms with E-state index < -0.39 is 0 Å². The molecule has 22 heavy (non-hydrogen) atoms. The molecule has 1 heterocycles. The monoisotopic (exact) mass is 306 g/mol. The summed E-state index contributed by atoms with van der Waals surface area (Å²) in [7, 11) is 0. The molecule has 1 aliphatic rings. The molecular formula is C18H30N2O2. The van der Waals surface area contributed by atoms with E-state index in [9.17, 15) is 9.90 Å². The van der Waals surface area contributed by atoms with Gasteiger partial charge in [-0.2, -0.15) is 5.10 Å². The number of aliphatic hydroxyl groups is 1. The Kier molecular flexibility index (Phi) is 5.10. The van der Waals surface area contributed by atoms with Gasteiger partial charge in [0.05, 0.1) is 24.4 Å². The van der Waals surface area contributed by atoms with Gasteiger partial charge < -0.3 is 5.11 Å². The smallest absolute Gasteiger partial charge is 0.166 e. The Morgan fingerprint density at radius 2 is 2.05 bits per heavy atom. The van der Waals surface area contributed by atoms with Gasteiger partial charge >= 0.3 is 0 Å². The van der Waals surface area contributed by atoms with Gasteiger partial charge in [0.15, 0.2) is 5.78 Å². The molecule has 124 valence electrons. The van der Waals surface area contributed by atoms with Crippen molar-refractivity contribution < 1.29 is 9.90 Å². The van der Waals surface area contributed by atoms with E-state index in [1.807, 2.05) is 4.68 Å². The summed E-state index contributed by atoms with van der Waals surface area (Å²) in [6, 6.07) is 0. The molecule has 1 aromatic heterocycles. The number of Topliss-reactive ketones (excluding diaryl/α,β-unsaturated/α-hetero) is 1. The van der Waals surface area contributed by atoms with Crippen LogP contribution in [0.2, 0.25) is 0 Å². The van der Waals surface area contributed by atoms with E-state index in [4.69, 9.17) is 0 Å². The molecule has 4 heteroatoms. The topological polar surface area (TPSA) is 55.1 Å². The van der Waals surface area contributed by atoms with Gasteiger partial charge in [-0.3, -0.25) is 9.48 Å². The summed E-state index contributed by atoms with van der Waals surface area (Å²) < 4.78 is 1.86. The van der Waals surface area contributed by atoms with Crippen LogP contribution in [0.15, 0.2) is 0 Å². The average molecular weight is 306 g/mol. The van der Waals surface area contributed by atoms with Gasteiger partial charge in [0, 0.05) is 12.1 Å². The second kappa shape index (κ2) is 6.53. The lowest BCUT2D eigenvalue weighted by atomic mass is 9.81. The van der Waals surface area contributed by atoms with Crippen molar-refractivity contribution >= 4 is 5.78 Å². The number of hydrogen-bond donors (Lipinski definition) is 1. The number of hydrogen-bond acceptors (Lipinski definition) is 3. The molecule has 2 atom stereocenters. The third-order valence-electron chi connectivity index (χ3n) is 4.30. The maximum absolute atomic E-state index is 12.5. The van der Waals surface area contributed by atoms with E-state index in [-0.39, 0.29) is 17.8 Å². The molecule has 2 unspecified atom stereocenters. The molecule has 0 aromatic carbocycles. The predicted molar refractivity (Wildman–Crippen MR) is 88.1 cm³/mol. The number of nitrogens with zero attached hydrogens (tertiary/aromatic N) is 2. The Bertz CT molecular complexity index is 540. The minimum Gasteiger partial charge on any atom is -0.394 e. The zero-order valence-corrected chi connectivity index (χ0v) is 14.6. The van der Waals surface area contributed by atoms with Crippen LogP contribution in [-0.2, 0) is 19.4 Å². The largest absolute Gasteiger partial charge is 0.394 e. The molecule has 0 bridgehead atoms. The molecule has 0 amide bonds. The van der Waals surface area contributed by atoms with Gasteiger partial charge in [-0.25, -0.2) is 0 Å². The van der Waals surface area contributed by atoms with Gasteiger partial charge in [-0.05, 0) is 36.5 Å². The number of carbonyl (C=O) groups excluding carboxylic acids is 1. The van der Waals surface area contributed by atoms with Gasteiger partial charge in [0.1, 0.15) is 0 Å². The Hall–Kier alpha value is -1.16. The highest BCUT2D eigenvalue weighted by molar-refractivity contribution is 5.99. The van der Waals surface area contributed by atoms with Crippen molar-refractivity contribution in [2.75, 3.05) is 6.61 Å². The minimum absolute atomic E-state index is 0.0632. The van der Waals surface area contributed by atoms with E-state index in [0.29, 0.717) is 24.8 Å². The van der Waals surface area contributed by atoms with Crippen LogP contribution in [-0.4, -0.2) is 27.3 Å². The van der Waals surface area contributed by atoms with Crippen LogP contribution in [0.25, 0.3) is 0 Å². The quantitative estimate of drug-likeness (QED) is 0.908. The molecule has 1 aromatic rings.